The summed E-state index contributed by atoms with van der Waals surface area (Å²) in [6.45, 7) is 4.71. The summed E-state index contributed by atoms with van der Waals surface area (Å²) in [5, 5.41) is 17.5. The summed E-state index contributed by atoms with van der Waals surface area (Å²) in [5.74, 6) is -0.0295. The van der Waals surface area contributed by atoms with Gasteiger partial charge in [0.05, 0.1) is 0 Å². The number of rotatable bonds is 3. The molecule has 3 heteroatoms. The minimum Gasteiger partial charge on any atom is -0.368 e. The van der Waals surface area contributed by atoms with Crippen molar-refractivity contribution >= 4 is 5.78 Å². The highest BCUT2D eigenvalue weighted by Crippen LogP contribution is 2.23. The van der Waals surface area contributed by atoms with E-state index in [2.05, 4.69) is 0 Å². The normalized spacial score (nSPS) is 12.2. The van der Waals surface area contributed by atoms with Crippen LogP contribution in [0.3, 0.4) is 0 Å². The molecule has 0 aliphatic rings. The zero-order chi connectivity index (χ0) is 8.36. The number of carbonyl (C=O) groups excluding carboxylic acids is 1. The Kier molecular flexibility index (Phi) is 2.99. The van der Waals surface area contributed by atoms with Crippen LogP contribution < -0.4 is 0 Å². The van der Waals surface area contributed by atoms with E-state index < -0.39 is 11.7 Å². The Morgan fingerprint density at radius 3 is 2.00 bits per heavy atom. The van der Waals surface area contributed by atoms with Gasteiger partial charge in [0.1, 0.15) is 5.78 Å². The Bertz CT molecular complexity index is 127. The van der Waals surface area contributed by atoms with Crippen LogP contribution in [0.5, 0.6) is 0 Å². The van der Waals surface area contributed by atoms with Gasteiger partial charge in [-0.3, -0.25) is 0 Å². The zero-order valence-corrected chi connectivity index (χ0v) is 6.59. The molecular formula is C7H14O3. The average Bonchev–Trinajstić information content (AvgIpc) is 1.60. The molecule has 0 aliphatic heterocycles. The Labute approximate surface area is 60.7 Å². The lowest BCUT2D eigenvalue weighted by Gasteiger charge is -2.24. The number of ketones is 1. The van der Waals surface area contributed by atoms with Gasteiger partial charge < -0.3 is 15.0 Å². The quantitative estimate of drug-likeness (QED) is 0.563. The van der Waals surface area contributed by atoms with E-state index in [1.165, 1.54) is 6.92 Å². The van der Waals surface area contributed by atoms with Gasteiger partial charge >= 0.3 is 0 Å². The number of aliphatic hydroxyl groups is 2. The summed E-state index contributed by atoms with van der Waals surface area (Å²) < 4.78 is 0. The van der Waals surface area contributed by atoms with Crippen LogP contribution in [0.4, 0.5) is 0 Å². The molecule has 0 heterocycles. The summed E-state index contributed by atoms with van der Waals surface area (Å²) in [6, 6.07) is 0. The van der Waals surface area contributed by atoms with Crippen molar-refractivity contribution in [3.8, 4) is 0 Å². The summed E-state index contributed by atoms with van der Waals surface area (Å²) in [7, 11) is 0. The summed E-state index contributed by atoms with van der Waals surface area (Å²) in [6.07, 6.45) is -1.22. The molecular weight excluding hydrogens is 132 g/mol. The molecule has 2 N–H and O–H groups in total. The lowest BCUT2D eigenvalue weighted by Crippen LogP contribution is -2.30. The fourth-order valence-electron chi connectivity index (χ4n) is 0.733. The van der Waals surface area contributed by atoms with Crippen molar-refractivity contribution in [2.45, 2.75) is 33.5 Å². The molecule has 0 rings (SSSR count). The first-order chi connectivity index (χ1) is 4.36. The van der Waals surface area contributed by atoms with Gasteiger partial charge in [-0.05, 0) is 6.92 Å². The number of hydrogen-bond acceptors (Lipinski definition) is 3. The third kappa shape index (κ3) is 2.94. The Morgan fingerprint density at radius 1 is 1.50 bits per heavy atom. The molecule has 0 atom stereocenters. The third-order valence-electron chi connectivity index (χ3n) is 1.40. The topological polar surface area (TPSA) is 57.5 Å². The lowest BCUT2D eigenvalue weighted by atomic mass is 9.87. The maximum absolute atomic E-state index is 10.5. The monoisotopic (exact) mass is 146 g/mol. The van der Waals surface area contributed by atoms with Crippen molar-refractivity contribution in [3.05, 3.63) is 0 Å². The van der Waals surface area contributed by atoms with Crippen LogP contribution in [0.2, 0.25) is 0 Å². The summed E-state index contributed by atoms with van der Waals surface area (Å²) >= 11 is 0. The van der Waals surface area contributed by atoms with Gasteiger partial charge in [0.25, 0.3) is 0 Å². The first-order valence-corrected chi connectivity index (χ1v) is 3.22. The number of carbonyl (C=O) groups is 1. The fourth-order valence-corrected chi connectivity index (χ4v) is 0.733. The first-order valence-electron chi connectivity index (χ1n) is 3.22. The molecule has 0 fully saturated rings. The lowest BCUT2D eigenvalue weighted by molar-refractivity contribution is -0.139. The minimum absolute atomic E-state index is 0.0295. The molecule has 60 valence electrons. The van der Waals surface area contributed by atoms with Gasteiger partial charge in [-0.15, -0.1) is 0 Å². The van der Waals surface area contributed by atoms with E-state index in [0.29, 0.717) is 0 Å². The second-order valence-electron chi connectivity index (χ2n) is 3.24. The predicted molar refractivity (Wildman–Crippen MR) is 37.3 cm³/mol. The predicted octanol–water partition coefficient (Wildman–Crippen LogP) is 0.302. The SMILES string of the molecule is CC(=O)CC(C)(C)C(O)O. The number of hydrogen-bond donors (Lipinski definition) is 2. The van der Waals surface area contributed by atoms with Crippen molar-refractivity contribution in [3.63, 3.8) is 0 Å². The van der Waals surface area contributed by atoms with Gasteiger partial charge in [0, 0.05) is 11.8 Å². The van der Waals surface area contributed by atoms with Crippen LogP contribution >= 0.6 is 0 Å². The first kappa shape index (κ1) is 9.59. The molecule has 0 radical (unpaired) electrons. The fraction of sp³-hybridized carbons (Fsp3) is 0.857. The Balaban J connectivity index is 3.99. The molecule has 0 aliphatic carbocycles. The molecule has 0 bridgehead atoms. The molecule has 0 unspecified atom stereocenters. The standard InChI is InChI=1S/C7H14O3/c1-5(8)4-7(2,3)6(9)10/h6,9-10H,4H2,1-3H3. The van der Waals surface area contributed by atoms with E-state index in [4.69, 9.17) is 10.2 Å². The smallest absolute Gasteiger partial charge is 0.157 e. The van der Waals surface area contributed by atoms with Crippen molar-refractivity contribution in [1.82, 2.24) is 0 Å². The van der Waals surface area contributed by atoms with Gasteiger partial charge in [-0.1, -0.05) is 13.8 Å². The minimum atomic E-state index is -1.42. The maximum Gasteiger partial charge on any atom is 0.157 e. The van der Waals surface area contributed by atoms with E-state index in [-0.39, 0.29) is 12.2 Å². The van der Waals surface area contributed by atoms with Crippen LogP contribution in [0.25, 0.3) is 0 Å². The summed E-state index contributed by atoms with van der Waals surface area (Å²) in [5.41, 5.74) is -0.716. The van der Waals surface area contributed by atoms with Gasteiger partial charge in [0.15, 0.2) is 6.29 Å². The largest absolute Gasteiger partial charge is 0.368 e. The van der Waals surface area contributed by atoms with Gasteiger partial charge in [-0.2, -0.15) is 0 Å². The molecule has 10 heavy (non-hydrogen) atoms. The summed E-state index contributed by atoms with van der Waals surface area (Å²) in [4.78, 5) is 10.5. The molecule has 0 aromatic heterocycles. The highest BCUT2D eigenvalue weighted by molar-refractivity contribution is 5.76. The number of aliphatic hydroxyl groups excluding tert-OH is 1. The van der Waals surface area contributed by atoms with Crippen LogP contribution in [0, 0.1) is 5.41 Å². The van der Waals surface area contributed by atoms with Crippen LogP contribution in [-0.2, 0) is 4.79 Å². The van der Waals surface area contributed by atoms with E-state index in [9.17, 15) is 4.79 Å². The highest BCUT2D eigenvalue weighted by Gasteiger charge is 2.27. The average molecular weight is 146 g/mol. The third-order valence-corrected chi connectivity index (χ3v) is 1.40. The highest BCUT2D eigenvalue weighted by atomic mass is 16.5. The van der Waals surface area contributed by atoms with Crippen LogP contribution in [0.15, 0.2) is 0 Å². The van der Waals surface area contributed by atoms with E-state index in [1.807, 2.05) is 0 Å². The second-order valence-corrected chi connectivity index (χ2v) is 3.24. The molecule has 3 nitrogen and oxygen atoms in total. The molecule has 0 aromatic carbocycles. The van der Waals surface area contributed by atoms with Crippen molar-refractivity contribution in [2.75, 3.05) is 0 Å². The van der Waals surface area contributed by atoms with Crippen molar-refractivity contribution in [2.24, 2.45) is 5.41 Å². The Hall–Kier alpha value is -0.410. The van der Waals surface area contributed by atoms with Crippen molar-refractivity contribution < 1.29 is 15.0 Å². The molecule has 0 saturated carbocycles. The Morgan fingerprint density at radius 2 is 1.90 bits per heavy atom. The maximum atomic E-state index is 10.5. The molecule has 0 amide bonds. The van der Waals surface area contributed by atoms with Crippen LogP contribution in [-0.4, -0.2) is 22.3 Å². The van der Waals surface area contributed by atoms with E-state index in [1.54, 1.807) is 13.8 Å². The van der Waals surface area contributed by atoms with E-state index in [0.717, 1.165) is 0 Å². The van der Waals surface area contributed by atoms with Gasteiger partial charge in [-0.25, -0.2) is 0 Å². The molecule has 0 saturated heterocycles. The van der Waals surface area contributed by atoms with E-state index >= 15 is 0 Å². The zero-order valence-electron chi connectivity index (χ0n) is 6.59. The van der Waals surface area contributed by atoms with Crippen molar-refractivity contribution in [1.29, 1.82) is 0 Å². The number of Topliss-reactive ketones (excluding diaryl/α,β-unsaturated/α-hetero) is 1. The van der Waals surface area contributed by atoms with Crippen LogP contribution in [0.1, 0.15) is 27.2 Å². The van der Waals surface area contributed by atoms with Gasteiger partial charge in [0.2, 0.25) is 0 Å². The second kappa shape index (κ2) is 3.12. The molecule has 0 aromatic rings. The molecule has 0 spiro atoms.